The first kappa shape index (κ1) is 37.9. The van der Waals surface area contributed by atoms with E-state index in [2.05, 4.69) is 33.2 Å². The maximum atomic E-state index is 13.9. The van der Waals surface area contributed by atoms with Gasteiger partial charge in [0.25, 0.3) is 5.91 Å². The Morgan fingerprint density at radius 2 is 1.79 bits per heavy atom. The van der Waals surface area contributed by atoms with E-state index >= 15 is 0 Å². The molecule has 0 aromatic heterocycles. The first-order valence-corrected chi connectivity index (χ1v) is 16.4. The number of Topliss-reactive ketones (excluding diaryl/α,β-unsaturated/α-hetero) is 1. The van der Waals surface area contributed by atoms with Crippen molar-refractivity contribution in [1.82, 2.24) is 10.6 Å². The number of ketones is 2. The minimum atomic E-state index is -1.00. The van der Waals surface area contributed by atoms with Gasteiger partial charge in [-0.3, -0.25) is 14.4 Å². The number of hydrogen-bond acceptors (Lipinski definition) is 9. The monoisotopic (exact) mass is 761 g/mol. The van der Waals surface area contributed by atoms with Gasteiger partial charge >= 0.3 is 6.09 Å². The number of ether oxygens (including phenoxy) is 3. The fraction of sp³-hybridized carbons (Fsp3) is 0.429. The second-order valence-corrected chi connectivity index (χ2v) is 13.2. The molecule has 0 spiro atoms. The van der Waals surface area contributed by atoms with Crippen LogP contribution in [0.1, 0.15) is 46.1 Å². The van der Waals surface area contributed by atoms with Crippen molar-refractivity contribution in [2.45, 2.75) is 71.5 Å². The lowest BCUT2D eigenvalue weighted by molar-refractivity contribution is -0.120. The maximum absolute atomic E-state index is 13.9. The zero-order valence-electron chi connectivity index (χ0n) is 27.5. The SMILES string of the molecule is CO[C@H]1/C=C\C=C(/C)C(=O)NC2=CC(=O)C(NCc3ccc(I)cc3)=C(C[C@@H](C)C[C@H](OC)[C@H](O)[C@@H](C)/C=C(\C)[C@@H]1OC(N)=O)C2=O. The molecule has 0 unspecified atom stereocenters. The van der Waals surface area contributed by atoms with Crippen LogP contribution in [0.5, 0.6) is 0 Å². The van der Waals surface area contributed by atoms with Crippen molar-refractivity contribution in [3.8, 4) is 0 Å². The summed E-state index contributed by atoms with van der Waals surface area (Å²) in [5.41, 5.74) is 7.42. The average Bonchev–Trinajstić information content (AvgIpc) is 3.02. The molecule has 0 radical (unpaired) electrons. The van der Waals surface area contributed by atoms with E-state index in [0.717, 1.165) is 15.2 Å². The van der Waals surface area contributed by atoms with E-state index in [0.29, 0.717) is 18.5 Å². The van der Waals surface area contributed by atoms with Gasteiger partial charge in [-0.15, -0.1) is 0 Å². The van der Waals surface area contributed by atoms with E-state index in [9.17, 15) is 24.3 Å². The van der Waals surface area contributed by atoms with E-state index in [-0.39, 0.29) is 34.9 Å². The zero-order valence-corrected chi connectivity index (χ0v) is 29.7. The van der Waals surface area contributed by atoms with Gasteiger partial charge in [-0.1, -0.05) is 50.3 Å². The second kappa shape index (κ2) is 17.5. The molecule has 12 heteroatoms. The number of allylic oxidation sites excluding steroid dienone is 4. The molecule has 2 bridgehead atoms. The Hall–Kier alpha value is -3.59. The van der Waals surface area contributed by atoms with Crippen molar-refractivity contribution >= 4 is 46.2 Å². The molecule has 11 nitrogen and oxygen atoms in total. The van der Waals surface area contributed by atoms with Crippen LogP contribution >= 0.6 is 22.6 Å². The number of methoxy groups -OCH3 is 2. The first-order valence-electron chi connectivity index (χ1n) is 15.3. The van der Waals surface area contributed by atoms with E-state index in [1.54, 1.807) is 32.1 Å². The van der Waals surface area contributed by atoms with Gasteiger partial charge in [0.2, 0.25) is 11.6 Å². The summed E-state index contributed by atoms with van der Waals surface area (Å²) >= 11 is 2.21. The highest BCUT2D eigenvalue weighted by atomic mass is 127. The van der Waals surface area contributed by atoms with Crippen LogP contribution < -0.4 is 16.4 Å². The van der Waals surface area contributed by atoms with Gasteiger partial charge in [-0.05, 0) is 78.5 Å². The number of aliphatic hydroxyl groups excluding tert-OH is 1. The van der Waals surface area contributed by atoms with E-state index < -0.39 is 53.9 Å². The van der Waals surface area contributed by atoms with Gasteiger partial charge in [0.15, 0.2) is 6.10 Å². The van der Waals surface area contributed by atoms with Gasteiger partial charge in [0.05, 0.1) is 23.6 Å². The number of rotatable bonds is 6. The molecule has 0 saturated carbocycles. The van der Waals surface area contributed by atoms with Crippen molar-refractivity contribution < 1.29 is 38.5 Å². The summed E-state index contributed by atoms with van der Waals surface area (Å²) in [6.45, 7) is 7.34. The molecular formula is C35H44IN3O8. The summed E-state index contributed by atoms with van der Waals surface area (Å²) in [6.07, 6.45) is 3.79. The lowest BCUT2D eigenvalue weighted by Gasteiger charge is -2.30. The van der Waals surface area contributed by atoms with Crippen LogP contribution in [-0.2, 0) is 35.1 Å². The molecule has 0 fully saturated rings. The molecule has 254 valence electrons. The summed E-state index contributed by atoms with van der Waals surface area (Å²) < 4.78 is 17.7. The van der Waals surface area contributed by atoms with Gasteiger partial charge in [-0.2, -0.15) is 0 Å². The quantitative estimate of drug-likeness (QED) is 0.189. The Balaban J connectivity index is 2.06. The number of fused-ring (bicyclic) bond motifs is 2. The molecule has 47 heavy (non-hydrogen) atoms. The highest BCUT2D eigenvalue weighted by Crippen LogP contribution is 2.29. The molecule has 2 amide bonds. The largest absolute Gasteiger partial charge is 0.439 e. The number of benzene rings is 1. The predicted octanol–water partition coefficient (Wildman–Crippen LogP) is 4.16. The number of nitrogens with one attached hydrogen (secondary N) is 2. The minimum absolute atomic E-state index is 0.127. The third-order valence-electron chi connectivity index (χ3n) is 8.18. The van der Waals surface area contributed by atoms with Crippen molar-refractivity contribution in [1.29, 1.82) is 0 Å². The van der Waals surface area contributed by atoms with Gasteiger partial charge in [0, 0.05) is 47.5 Å². The molecule has 1 heterocycles. The lowest BCUT2D eigenvalue weighted by atomic mass is 9.85. The summed E-state index contributed by atoms with van der Waals surface area (Å²) in [6, 6.07) is 7.79. The Morgan fingerprint density at radius 3 is 2.40 bits per heavy atom. The highest BCUT2D eigenvalue weighted by Gasteiger charge is 2.33. The number of hydrogen-bond donors (Lipinski definition) is 4. The van der Waals surface area contributed by atoms with Crippen LogP contribution in [0.25, 0.3) is 0 Å². The van der Waals surface area contributed by atoms with Crippen LogP contribution in [0, 0.1) is 15.4 Å². The number of halogens is 1. The predicted molar refractivity (Wildman–Crippen MR) is 186 cm³/mol. The number of nitrogens with two attached hydrogens (primary N) is 1. The van der Waals surface area contributed by atoms with Crippen LogP contribution in [0.3, 0.4) is 0 Å². The number of amides is 2. The fourth-order valence-electron chi connectivity index (χ4n) is 5.57. The van der Waals surface area contributed by atoms with Gasteiger partial charge in [-0.25, -0.2) is 4.79 Å². The van der Waals surface area contributed by atoms with Crippen LogP contribution in [0.4, 0.5) is 4.79 Å². The fourth-order valence-corrected chi connectivity index (χ4v) is 5.93. The second-order valence-electron chi connectivity index (χ2n) is 11.9. The molecule has 0 saturated heterocycles. The molecule has 1 aliphatic heterocycles. The van der Waals surface area contributed by atoms with Gasteiger partial charge < -0.3 is 35.7 Å². The van der Waals surface area contributed by atoms with Crippen molar-refractivity contribution in [3.05, 3.63) is 91.9 Å². The van der Waals surface area contributed by atoms with Crippen molar-refractivity contribution in [2.24, 2.45) is 17.6 Å². The standard InChI is InChI=1S/C35H44IN3O8/c1-19-14-25-30(38-18-23-10-12-24(36)13-11-23)27(40)17-26(32(25)42)39-34(43)20(2)8-7-9-28(45-5)33(47-35(37)44)22(4)16-21(3)31(41)29(15-19)46-6/h7-13,16-17,19,21,28-29,31,33,38,41H,14-15,18H2,1-6H3,(H2,37,44)(H,39,43)/b9-7-,20-8+,22-16+/t19-,21+,28+,29+,31-,33+/m1/s1. The number of primary amides is 1. The third kappa shape index (κ3) is 10.4. The number of aliphatic hydroxyl groups is 1. The van der Waals surface area contributed by atoms with Crippen LogP contribution in [-0.4, -0.2) is 67.3 Å². The summed E-state index contributed by atoms with van der Waals surface area (Å²) in [4.78, 5) is 52.2. The minimum Gasteiger partial charge on any atom is -0.439 e. The molecule has 2 aliphatic rings. The van der Waals surface area contributed by atoms with Crippen molar-refractivity contribution in [2.75, 3.05) is 14.2 Å². The smallest absolute Gasteiger partial charge is 0.405 e. The normalized spacial score (nSPS) is 29.5. The Kier molecular flexibility index (Phi) is 14.1. The topological polar surface area (TPSA) is 166 Å². The zero-order chi connectivity index (χ0) is 34.8. The van der Waals surface area contributed by atoms with Crippen molar-refractivity contribution in [3.63, 3.8) is 0 Å². The summed E-state index contributed by atoms with van der Waals surface area (Å²) in [5, 5.41) is 17.1. The van der Waals surface area contributed by atoms with Crippen LogP contribution in [0.2, 0.25) is 0 Å². The van der Waals surface area contributed by atoms with Gasteiger partial charge in [0.1, 0.15) is 6.10 Å². The molecular weight excluding hydrogens is 717 g/mol. The number of carbonyl (C=O) groups excluding carboxylic acids is 4. The van der Waals surface area contributed by atoms with E-state index in [4.69, 9.17) is 19.9 Å². The third-order valence-corrected chi connectivity index (χ3v) is 8.90. The van der Waals surface area contributed by atoms with Crippen LogP contribution in [0.15, 0.2) is 82.8 Å². The average molecular weight is 762 g/mol. The first-order chi connectivity index (χ1) is 22.2. The summed E-state index contributed by atoms with van der Waals surface area (Å²) in [5.74, 6) is -2.14. The maximum Gasteiger partial charge on any atom is 0.405 e. The molecule has 5 N–H and O–H groups in total. The van der Waals surface area contributed by atoms with E-state index in [1.165, 1.54) is 20.3 Å². The molecule has 6 atom stereocenters. The molecule has 1 aliphatic carbocycles. The molecule has 1 aromatic rings. The highest BCUT2D eigenvalue weighted by molar-refractivity contribution is 14.1. The molecule has 3 rings (SSSR count). The number of carbonyl (C=O) groups is 4. The Morgan fingerprint density at radius 1 is 1.11 bits per heavy atom. The lowest BCUT2D eigenvalue weighted by Crippen LogP contribution is -2.37. The summed E-state index contributed by atoms with van der Waals surface area (Å²) in [7, 11) is 2.93. The van der Waals surface area contributed by atoms with E-state index in [1.807, 2.05) is 38.1 Å². The molecule has 1 aromatic carbocycles. The Bertz CT molecular complexity index is 1490. The Labute approximate surface area is 289 Å².